The van der Waals surface area contributed by atoms with Gasteiger partial charge in [-0.15, -0.1) is 0 Å². The van der Waals surface area contributed by atoms with Crippen LogP contribution in [0, 0.1) is 6.92 Å². The summed E-state index contributed by atoms with van der Waals surface area (Å²) in [6, 6.07) is 3.89. The first-order chi connectivity index (χ1) is 12.3. The van der Waals surface area contributed by atoms with Crippen molar-refractivity contribution >= 4 is 17.2 Å². The van der Waals surface area contributed by atoms with Gasteiger partial charge in [-0.2, -0.15) is 0 Å². The van der Waals surface area contributed by atoms with E-state index in [1.807, 2.05) is 50.5 Å². The van der Waals surface area contributed by atoms with Crippen LogP contribution in [0.4, 0.5) is 0 Å². The highest BCUT2D eigenvalue weighted by Crippen LogP contribution is 2.24. The molecule has 2 aromatic rings. The van der Waals surface area contributed by atoms with E-state index < -0.39 is 5.60 Å². The number of pyridine rings is 1. The number of aryl methyl sites for hydroxylation is 2. The summed E-state index contributed by atoms with van der Waals surface area (Å²) >= 11 is 5.79. The number of nitrogens with zero attached hydrogens (tertiary/aromatic N) is 2. The lowest BCUT2D eigenvalue weighted by atomic mass is 10.0. The molecular formula is C21H26ClN3O. The molecule has 26 heavy (non-hydrogen) atoms. The van der Waals surface area contributed by atoms with E-state index in [-0.39, 0.29) is 0 Å². The second-order valence-electron chi connectivity index (χ2n) is 6.72. The molecule has 0 unspecified atom stereocenters. The minimum atomic E-state index is -0.919. The van der Waals surface area contributed by atoms with Crippen molar-refractivity contribution < 1.29 is 5.11 Å². The highest BCUT2D eigenvalue weighted by molar-refractivity contribution is 6.25. The summed E-state index contributed by atoms with van der Waals surface area (Å²) in [5.41, 5.74) is 5.45. The predicted octanol–water partition coefficient (Wildman–Crippen LogP) is 5.06. The Hall–Kier alpha value is -2.17. The summed E-state index contributed by atoms with van der Waals surface area (Å²) < 4.78 is 0. The molecule has 0 bridgehead atoms. The number of nitrogens with one attached hydrogen (secondary N) is 1. The fourth-order valence-electron chi connectivity index (χ4n) is 2.63. The first-order valence-corrected chi connectivity index (χ1v) is 9.12. The summed E-state index contributed by atoms with van der Waals surface area (Å²) in [5.74, 6) is 0.834. The molecule has 0 aromatic carbocycles. The average Bonchev–Trinajstić information content (AvgIpc) is 3.03. The zero-order chi connectivity index (χ0) is 19.2. The number of aromatic nitrogens is 3. The van der Waals surface area contributed by atoms with Gasteiger partial charge in [0.15, 0.2) is 0 Å². The van der Waals surface area contributed by atoms with Crippen LogP contribution in [0.3, 0.4) is 0 Å². The van der Waals surface area contributed by atoms with Crippen LogP contribution in [0.15, 0.2) is 53.9 Å². The molecule has 4 nitrogen and oxygen atoms in total. The molecule has 0 atom stereocenters. The summed E-state index contributed by atoms with van der Waals surface area (Å²) in [5, 5.41) is 9.99. The number of H-pyrrole nitrogens is 1. The second kappa shape index (κ2) is 8.97. The zero-order valence-electron chi connectivity index (χ0n) is 15.8. The van der Waals surface area contributed by atoms with Crippen LogP contribution in [0.25, 0.3) is 5.57 Å². The van der Waals surface area contributed by atoms with Gasteiger partial charge in [0.2, 0.25) is 0 Å². The highest BCUT2D eigenvalue weighted by Gasteiger charge is 2.16. The number of imidazole rings is 1. The zero-order valence-corrected chi connectivity index (χ0v) is 16.5. The Morgan fingerprint density at radius 2 is 2.04 bits per heavy atom. The standard InChI is InChI=1S/C21H26ClN3O/c1-5-17(11-12-22)18(20-24-13-15(2)25-20)8-6-7-16-9-10-19(23-14-16)21(3,4)26/h5,8-14,26H,6-7H2,1-4H3,(H,24,25)/b12-11?,17-5?,18-8-. The van der Waals surface area contributed by atoms with Gasteiger partial charge in [0.25, 0.3) is 0 Å². The van der Waals surface area contributed by atoms with Crippen LogP contribution in [-0.2, 0) is 12.0 Å². The Morgan fingerprint density at radius 3 is 2.54 bits per heavy atom. The number of aromatic amines is 1. The minimum absolute atomic E-state index is 0.673. The Bertz CT molecular complexity index is 809. The van der Waals surface area contributed by atoms with Crippen molar-refractivity contribution in [3.8, 4) is 0 Å². The molecular weight excluding hydrogens is 346 g/mol. The van der Waals surface area contributed by atoms with Crippen molar-refractivity contribution in [1.29, 1.82) is 0 Å². The average molecular weight is 372 g/mol. The number of allylic oxidation sites excluding steroid dienone is 5. The maximum absolute atomic E-state index is 9.99. The molecule has 0 saturated carbocycles. The summed E-state index contributed by atoms with van der Waals surface area (Å²) in [6.07, 6.45) is 11.4. The third-order valence-corrected chi connectivity index (χ3v) is 4.18. The maximum atomic E-state index is 9.99. The Balaban J connectivity index is 2.17. The summed E-state index contributed by atoms with van der Waals surface area (Å²) in [7, 11) is 0. The Kier molecular flexibility index (Phi) is 6.95. The molecule has 2 heterocycles. The molecule has 5 heteroatoms. The van der Waals surface area contributed by atoms with Crippen molar-refractivity contribution in [3.05, 3.63) is 76.6 Å². The first-order valence-electron chi connectivity index (χ1n) is 8.68. The van der Waals surface area contributed by atoms with E-state index in [9.17, 15) is 5.11 Å². The molecule has 2 rings (SSSR count). The quantitative estimate of drug-likeness (QED) is 0.669. The maximum Gasteiger partial charge on any atom is 0.137 e. The van der Waals surface area contributed by atoms with Gasteiger partial charge in [-0.25, -0.2) is 4.98 Å². The van der Waals surface area contributed by atoms with Gasteiger partial charge in [0.1, 0.15) is 11.4 Å². The van der Waals surface area contributed by atoms with E-state index in [1.165, 1.54) is 5.54 Å². The molecule has 0 radical (unpaired) electrons. The fraction of sp³-hybridized carbons (Fsp3) is 0.333. The SMILES string of the molecule is CC=C(C=CCl)/C(=C/CCc1ccc(C(C)(C)O)nc1)c1ncc(C)[nH]1. The van der Waals surface area contributed by atoms with Crippen LogP contribution in [0.2, 0.25) is 0 Å². The fourth-order valence-corrected chi connectivity index (χ4v) is 2.76. The minimum Gasteiger partial charge on any atom is -0.384 e. The topological polar surface area (TPSA) is 61.8 Å². The molecule has 0 saturated heterocycles. The predicted molar refractivity (Wildman–Crippen MR) is 108 cm³/mol. The van der Waals surface area contributed by atoms with Gasteiger partial charge in [-0.3, -0.25) is 4.98 Å². The smallest absolute Gasteiger partial charge is 0.137 e. The third kappa shape index (κ3) is 5.41. The van der Waals surface area contributed by atoms with E-state index in [0.29, 0.717) is 5.69 Å². The van der Waals surface area contributed by atoms with Gasteiger partial charge in [-0.1, -0.05) is 29.8 Å². The normalized spacial score (nSPS) is 13.6. The van der Waals surface area contributed by atoms with Crippen molar-refractivity contribution in [2.75, 3.05) is 0 Å². The lowest BCUT2D eigenvalue weighted by molar-refractivity contribution is 0.0738. The van der Waals surface area contributed by atoms with E-state index >= 15 is 0 Å². The van der Waals surface area contributed by atoms with E-state index in [0.717, 1.165) is 41.1 Å². The number of rotatable bonds is 7. The summed E-state index contributed by atoms with van der Waals surface area (Å²) in [4.78, 5) is 12.1. The molecule has 0 aliphatic rings. The number of aliphatic hydroxyl groups is 1. The number of hydrogen-bond acceptors (Lipinski definition) is 3. The monoisotopic (exact) mass is 371 g/mol. The molecule has 0 amide bonds. The van der Waals surface area contributed by atoms with Crippen LogP contribution in [0.1, 0.15) is 50.0 Å². The Labute approximate surface area is 160 Å². The van der Waals surface area contributed by atoms with Crippen LogP contribution in [0.5, 0.6) is 0 Å². The molecule has 0 aliphatic heterocycles. The molecule has 2 N–H and O–H groups in total. The largest absolute Gasteiger partial charge is 0.384 e. The van der Waals surface area contributed by atoms with Crippen molar-refractivity contribution in [1.82, 2.24) is 15.0 Å². The van der Waals surface area contributed by atoms with Gasteiger partial charge in [-0.05, 0) is 63.8 Å². The van der Waals surface area contributed by atoms with Crippen molar-refractivity contribution in [2.24, 2.45) is 0 Å². The number of halogens is 1. The Morgan fingerprint density at radius 1 is 1.27 bits per heavy atom. The summed E-state index contributed by atoms with van der Waals surface area (Å²) in [6.45, 7) is 7.43. The molecule has 2 aromatic heterocycles. The molecule has 0 fully saturated rings. The highest BCUT2D eigenvalue weighted by atomic mass is 35.5. The van der Waals surface area contributed by atoms with Crippen LogP contribution < -0.4 is 0 Å². The van der Waals surface area contributed by atoms with E-state index in [2.05, 4.69) is 21.0 Å². The molecule has 0 aliphatic carbocycles. The van der Waals surface area contributed by atoms with Gasteiger partial charge in [0, 0.05) is 29.2 Å². The van der Waals surface area contributed by atoms with Crippen LogP contribution in [-0.4, -0.2) is 20.1 Å². The first kappa shape index (κ1) is 20.1. The third-order valence-electron chi connectivity index (χ3n) is 4.06. The van der Waals surface area contributed by atoms with Gasteiger partial charge < -0.3 is 10.1 Å². The van der Waals surface area contributed by atoms with Crippen LogP contribution >= 0.6 is 11.6 Å². The number of hydrogen-bond donors (Lipinski definition) is 2. The van der Waals surface area contributed by atoms with Gasteiger partial charge in [0.05, 0.1) is 5.69 Å². The van der Waals surface area contributed by atoms with Crippen molar-refractivity contribution in [2.45, 2.75) is 46.1 Å². The van der Waals surface area contributed by atoms with Crippen molar-refractivity contribution in [3.63, 3.8) is 0 Å². The van der Waals surface area contributed by atoms with E-state index in [1.54, 1.807) is 13.8 Å². The van der Waals surface area contributed by atoms with Gasteiger partial charge >= 0.3 is 0 Å². The molecule has 138 valence electrons. The second-order valence-corrected chi connectivity index (χ2v) is 6.97. The lowest BCUT2D eigenvalue weighted by Crippen LogP contribution is -2.17. The lowest BCUT2D eigenvalue weighted by Gasteiger charge is -2.16. The molecule has 0 spiro atoms. The van der Waals surface area contributed by atoms with E-state index in [4.69, 9.17) is 11.6 Å².